The van der Waals surface area contributed by atoms with Gasteiger partial charge in [-0.25, -0.2) is 0 Å². The van der Waals surface area contributed by atoms with Gasteiger partial charge in [-0.2, -0.15) is 0 Å². The molecule has 0 aliphatic carbocycles. The van der Waals surface area contributed by atoms with Gasteiger partial charge >= 0.3 is 0 Å². The summed E-state index contributed by atoms with van der Waals surface area (Å²) in [6, 6.07) is 20.9. The minimum Gasteiger partial charge on any atom is -0.352 e. The van der Waals surface area contributed by atoms with Gasteiger partial charge in [-0.3, -0.25) is 4.79 Å². The van der Waals surface area contributed by atoms with Crippen LogP contribution in [0.25, 0.3) is 0 Å². The van der Waals surface area contributed by atoms with Crippen LogP contribution in [0.5, 0.6) is 0 Å². The van der Waals surface area contributed by atoms with E-state index in [1.807, 2.05) is 30.3 Å². The molecule has 0 aromatic heterocycles. The number of piperidine rings is 1. The molecule has 1 aliphatic heterocycles. The fourth-order valence-electron chi connectivity index (χ4n) is 3.51. The van der Waals surface area contributed by atoms with Crippen molar-refractivity contribution in [1.82, 2.24) is 10.2 Å². The average molecular weight is 336 g/mol. The van der Waals surface area contributed by atoms with Gasteiger partial charge < -0.3 is 10.2 Å². The number of carbonyl (C=O) groups is 1. The van der Waals surface area contributed by atoms with Crippen LogP contribution in [0, 0.1) is 5.92 Å². The molecule has 1 heterocycles. The number of hydrogen-bond donors (Lipinski definition) is 1. The molecule has 3 heteroatoms. The molecule has 25 heavy (non-hydrogen) atoms. The highest BCUT2D eigenvalue weighted by atomic mass is 16.1. The third kappa shape index (κ3) is 6.02. The van der Waals surface area contributed by atoms with Crippen molar-refractivity contribution in [2.45, 2.75) is 32.2 Å². The van der Waals surface area contributed by atoms with Crippen LogP contribution in [0.4, 0.5) is 0 Å². The molecule has 2 aromatic carbocycles. The number of nitrogens with one attached hydrogen (secondary N) is 1. The molecule has 1 saturated heterocycles. The highest BCUT2D eigenvalue weighted by Gasteiger charge is 2.19. The topological polar surface area (TPSA) is 32.3 Å². The zero-order chi connectivity index (χ0) is 17.3. The van der Waals surface area contributed by atoms with Crippen molar-refractivity contribution in [3.05, 3.63) is 71.8 Å². The van der Waals surface area contributed by atoms with Crippen LogP contribution < -0.4 is 5.32 Å². The van der Waals surface area contributed by atoms with Gasteiger partial charge in [0.2, 0.25) is 5.91 Å². The molecule has 0 spiro atoms. The monoisotopic (exact) mass is 336 g/mol. The Morgan fingerprint density at radius 2 is 1.52 bits per heavy atom. The van der Waals surface area contributed by atoms with Crippen LogP contribution in [-0.2, 0) is 17.8 Å². The maximum Gasteiger partial charge on any atom is 0.221 e. The Kier molecular flexibility index (Phi) is 6.63. The Balaban J connectivity index is 1.31. The lowest BCUT2D eigenvalue weighted by Gasteiger charge is -2.31. The fraction of sp³-hybridized carbons (Fsp3) is 0.409. The average Bonchev–Trinajstić information content (AvgIpc) is 2.67. The van der Waals surface area contributed by atoms with Crippen molar-refractivity contribution in [2.75, 3.05) is 19.6 Å². The molecule has 0 atom stereocenters. The minimum absolute atomic E-state index is 0.148. The van der Waals surface area contributed by atoms with Gasteiger partial charge in [0.05, 0.1) is 0 Å². The lowest BCUT2D eigenvalue weighted by molar-refractivity contribution is -0.121. The second-order valence-electron chi connectivity index (χ2n) is 6.99. The number of hydrogen-bond acceptors (Lipinski definition) is 2. The number of carbonyl (C=O) groups excluding carboxylic acids is 1. The largest absolute Gasteiger partial charge is 0.352 e. The summed E-state index contributed by atoms with van der Waals surface area (Å²) in [5.41, 5.74) is 2.60. The number of likely N-dealkylation sites (tertiary alicyclic amines) is 1. The van der Waals surface area contributed by atoms with E-state index >= 15 is 0 Å². The smallest absolute Gasteiger partial charge is 0.221 e. The van der Waals surface area contributed by atoms with E-state index in [1.54, 1.807) is 0 Å². The third-order valence-corrected chi connectivity index (χ3v) is 5.06. The van der Waals surface area contributed by atoms with E-state index < -0.39 is 0 Å². The zero-order valence-corrected chi connectivity index (χ0v) is 14.9. The summed E-state index contributed by atoms with van der Waals surface area (Å²) in [7, 11) is 0. The maximum absolute atomic E-state index is 12.0. The first-order valence-electron chi connectivity index (χ1n) is 9.36. The van der Waals surface area contributed by atoms with Gasteiger partial charge in [-0.05, 0) is 49.4 Å². The zero-order valence-electron chi connectivity index (χ0n) is 14.9. The highest BCUT2D eigenvalue weighted by molar-refractivity contribution is 5.76. The van der Waals surface area contributed by atoms with E-state index in [2.05, 4.69) is 40.5 Å². The lowest BCUT2D eigenvalue weighted by atomic mass is 9.90. The number of rotatable bonds is 7. The van der Waals surface area contributed by atoms with Gasteiger partial charge in [0.25, 0.3) is 0 Å². The van der Waals surface area contributed by atoms with Gasteiger partial charge in [0.1, 0.15) is 0 Å². The molecular weight excluding hydrogens is 308 g/mol. The molecule has 0 radical (unpaired) electrons. The van der Waals surface area contributed by atoms with Crippen molar-refractivity contribution in [3.8, 4) is 0 Å². The van der Waals surface area contributed by atoms with Gasteiger partial charge in [0.15, 0.2) is 0 Å². The quantitative estimate of drug-likeness (QED) is 0.837. The fourth-order valence-corrected chi connectivity index (χ4v) is 3.51. The third-order valence-electron chi connectivity index (χ3n) is 5.06. The van der Waals surface area contributed by atoms with E-state index in [4.69, 9.17) is 0 Å². The van der Waals surface area contributed by atoms with E-state index in [-0.39, 0.29) is 5.91 Å². The molecule has 0 saturated carbocycles. The second-order valence-corrected chi connectivity index (χ2v) is 6.99. The van der Waals surface area contributed by atoms with Crippen LogP contribution in [0.2, 0.25) is 0 Å². The van der Waals surface area contributed by atoms with E-state index in [0.29, 0.717) is 13.0 Å². The summed E-state index contributed by atoms with van der Waals surface area (Å²) in [4.78, 5) is 14.5. The summed E-state index contributed by atoms with van der Waals surface area (Å²) in [6.07, 6.45) is 4.25. The maximum atomic E-state index is 12.0. The Morgan fingerprint density at radius 3 is 2.16 bits per heavy atom. The SMILES string of the molecule is O=C(CCN1CCC(Cc2ccccc2)CC1)NCc1ccccc1. The second kappa shape index (κ2) is 9.38. The predicted molar refractivity (Wildman–Crippen MR) is 102 cm³/mol. The molecule has 3 rings (SSSR count). The first kappa shape index (κ1) is 17.7. The summed E-state index contributed by atoms with van der Waals surface area (Å²) < 4.78 is 0. The van der Waals surface area contributed by atoms with Crippen LogP contribution in [0.1, 0.15) is 30.4 Å². The molecular formula is C22H28N2O. The summed E-state index contributed by atoms with van der Waals surface area (Å²) in [5, 5.41) is 3.01. The van der Waals surface area contributed by atoms with Gasteiger partial charge in [-0.1, -0.05) is 60.7 Å². The summed E-state index contributed by atoms with van der Waals surface area (Å²) in [6.45, 7) is 3.73. The van der Waals surface area contributed by atoms with Crippen molar-refractivity contribution in [3.63, 3.8) is 0 Å². The van der Waals surface area contributed by atoms with E-state index in [0.717, 1.165) is 31.1 Å². The van der Waals surface area contributed by atoms with E-state index in [1.165, 1.54) is 24.8 Å². The highest BCUT2D eigenvalue weighted by Crippen LogP contribution is 2.21. The Morgan fingerprint density at radius 1 is 0.920 bits per heavy atom. The lowest BCUT2D eigenvalue weighted by Crippen LogP contribution is -2.37. The molecule has 0 bridgehead atoms. The minimum atomic E-state index is 0.148. The van der Waals surface area contributed by atoms with Crippen LogP contribution in [-0.4, -0.2) is 30.4 Å². The molecule has 3 nitrogen and oxygen atoms in total. The normalized spacial score (nSPS) is 15.8. The first-order chi connectivity index (χ1) is 12.3. The van der Waals surface area contributed by atoms with Crippen LogP contribution in [0.3, 0.4) is 0 Å². The van der Waals surface area contributed by atoms with Crippen molar-refractivity contribution in [1.29, 1.82) is 0 Å². The standard InChI is InChI=1S/C22H28N2O/c25-22(23-18-21-9-5-2-6-10-21)13-16-24-14-11-20(12-15-24)17-19-7-3-1-4-8-19/h1-10,20H,11-18H2,(H,23,25). The predicted octanol–water partition coefficient (Wildman–Crippen LogP) is 3.65. The molecule has 0 unspecified atom stereocenters. The molecule has 1 N–H and O–H groups in total. The molecule has 1 aliphatic rings. The Hall–Kier alpha value is -2.13. The van der Waals surface area contributed by atoms with Gasteiger partial charge in [0, 0.05) is 19.5 Å². The number of nitrogens with zero attached hydrogens (tertiary/aromatic N) is 1. The van der Waals surface area contributed by atoms with E-state index in [9.17, 15) is 4.79 Å². The molecule has 2 aromatic rings. The van der Waals surface area contributed by atoms with Crippen LogP contribution in [0.15, 0.2) is 60.7 Å². The Labute approximate surface area is 151 Å². The number of amides is 1. The Bertz CT molecular complexity index is 634. The van der Waals surface area contributed by atoms with Crippen molar-refractivity contribution in [2.24, 2.45) is 5.92 Å². The summed E-state index contributed by atoms with van der Waals surface area (Å²) >= 11 is 0. The molecule has 132 valence electrons. The van der Waals surface area contributed by atoms with Crippen molar-refractivity contribution >= 4 is 5.91 Å². The molecule has 1 fully saturated rings. The molecule has 1 amide bonds. The summed E-state index contributed by atoms with van der Waals surface area (Å²) in [5.74, 6) is 0.931. The number of benzene rings is 2. The van der Waals surface area contributed by atoms with Crippen molar-refractivity contribution < 1.29 is 4.79 Å². The first-order valence-corrected chi connectivity index (χ1v) is 9.36. The van der Waals surface area contributed by atoms with Crippen LogP contribution >= 0.6 is 0 Å². The van der Waals surface area contributed by atoms with Gasteiger partial charge in [-0.15, -0.1) is 0 Å².